The number of nitrogens with zero attached hydrogens (tertiary/aromatic N) is 3. The second-order valence-corrected chi connectivity index (χ2v) is 7.58. The van der Waals surface area contributed by atoms with E-state index in [-0.39, 0.29) is 29.9 Å². The summed E-state index contributed by atoms with van der Waals surface area (Å²) in [6.45, 7) is 6.05. The Balaban J connectivity index is 0.00000280. The molecule has 0 aliphatic carbocycles. The van der Waals surface area contributed by atoms with Crippen LogP contribution in [0, 0.1) is 5.92 Å². The first-order valence-corrected chi connectivity index (χ1v) is 10.1. The van der Waals surface area contributed by atoms with E-state index in [9.17, 15) is 4.79 Å². The molecule has 0 radical (unpaired) electrons. The molecular formula is C21H34IN5O. The van der Waals surface area contributed by atoms with Gasteiger partial charge in [-0.15, -0.1) is 24.0 Å². The van der Waals surface area contributed by atoms with Crippen LogP contribution in [0.5, 0.6) is 0 Å². The first-order chi connectivity index (χ1) is 13.2. The van der Waals surface area contributed by atoms with E-state index in [0.717, 1.165) is 64.5 Å². The first kappa shape index (κ1) is 22.9. The molecule has 2 N–H and O–H groups in total. The molecule has 2 aliphatic rings. The van der Waals surface area contributed by atoms with Gasteiger partial charge in [-0.1, -0.05) is 24.3 Å². The number of likely N-dealkylation sites (tertiary alicyclic amines) is 1. The Hall–Kier alpha value is -1.35. The van der Waals surface area contributed by atoms with E-state index in [4.69, 9.17) is 0 Å². The molecule has 2 aliphatic heterocycles. The van der Waals surface area contributed by atoms with Crippen molar-refractivity contribution in [2.24, 2.45) is 10.9 Å². The standard InChI is InChI=1S/C21H33N5O.HI/c1-22-20(27)15-17-7-12-26(13-8-17)21(23-2)24-10-14-25-11-9-18-5-3-4-6-19(18)16-25;/h3-6,17H,7-16H2,1-2H3,(H,22,27)(H,23,24);1H. The van der Waals surface area contributed by atoms with Gasteiger partial charge in [-0.05, 0) is 36.3 Å². The zero-order valence-electron chi connectivity index (χ0n) is 17.1. The predicted octanol–water partition coefficient (Wildman–Crippen LogP) is 2.09. The van der Waals surface area contributed by atoms with Gasteiger partial charge in [0.25, 0.3) is 0 Å². The van der Waals surface area contributed by atoms with Gasteiger partial charge in [0, 0.05) is 59.8 Å². The third-order valence-corrected chi connectivity index (χ3v) is 5.80. The van der Waals surface area contributed by atoms with Crippen LogP contribution >= 0.6 is 24.0 Å². The summed E-state index contributed by atoms with van der Waals surface area (Å²) in [7, 11) is 3.57. The lowest BCUT2D eigenvalue weighted by Gasteiger charge is -2.34. The summed E-state index contributed by atoms with van der Waals surface area (Å²) in [5, 5.41) is 6.26. The fourth-order valence-electron chi connectivity index (χ4n) is 4.12. The van der Waals surface area contributed by atoms with Gasteiger partial charge in [0.1, 0.15) is 0 Å². The van der Waals surface area contributed by atoms with E-state index in [0.29, 0.717) is 12.3 Å². The largest absolute Gasteiger partial charge is 0.359 e. The Morgan fingerprint density at radius 1 is 1.18 bits per heavy atom. The summed E-state index contributed by atoms with van der Waals surface area (Å²) in [5.41, 5.74) is 2.96. The van der Waals surface area contributed by atoms with E-state index >= 15 is 0 Å². The Kier molecular flexibility index (Phi) is 9.50. The fraction of sp³-hybridized carbons (Fsp3) is 0.619. The zero-order chi connectivity index (χ0) is 19.1. The van der Waals surface area contributed by atoms with Crippen LogP contribution in [-0.2, 0) is 17.8 Å². The van der Waals surface area contributed by atoms with Gasteiger partial charge in [-0.2, -0.15) is 0 Å². The number of nitrogens with one attached hydrogen (secondary N) is 2. The molecule has 6 nitrogen and oxygen atoms in total. The van der Waals surface area contributed by atoms with Crippen LogP contribution < -0.4 is 10.6 Å². The molecule has 2 heterocycles. The van der Waals surface area contributed by atoms with E-state index in [2.05, 4.69) is 49.7 Å². The van der Waals surface area contributed by atoms with E-state index in [1.54, 1.807) is 7.05 Å². The minimum Gasteiger partial charge on any atom is -0.359 e. The number of piperidine rings is 1. The maximum Gasteiger partial charge on any atom is 0.220 e. The van der Waals surface area contributed by atoms with Gasteiger partial charge in [-0.25, -0.2) is 0 Å². The molecular weight excluding hydrogens is 465 g/mol. The number of carbonyl (C=O) groups excluding carboxylic acids is 1. The van der Waals surface area contributed by atoms with Crippen molar-refractivity contribution in [3.05, 3.63) is 35.4 Å². The topological polar surface area (TPSA) is 60.0 Å². The SMILES string of the molecule is CN=C(NCCN1CCc2ccccc2C1)N1CCC(CC(=O)NC)CC1.I. The van der Waals surface area contributed by atoms with Crippen molar-refractivity contribution >= 4 is 35.8 Å². The minimum atomic E-state index is 0. The molecule has 3 rings (SSSR count). The van der Waals surface area contributed by atoms with Crippen molar-refractivity contribution in [2.75, 3.05) is 46.8 Å². The average molecular weight is 499 g/mol. The number of amides is 1. The highest BCUT2D eigenvalue weighted by atomic mass is 127. The summed E-state index contributed by atoms with van der Waals surface area (Å²) in [4.78, 5) is 20.9. The molecule has 0 atom stereocenters. The third-order valence-electron chi connectivity index (χ3n) is 5.80. The van der Waals surface area contributed by atoms with Crippen LogP contribution in [0.1, 0.15) is 30.4 Å². The highest BCUT2D eigenvalue weighted by Crippen LogP contribution is 2.20. The summed E-state index contributed by atoms with van der Waals surface area (Å²) >= 11 is 0. The summed E-state index contributed by atoms with van der Waals surface area (Å²) in [6.07, 6.45) is 3.89. The van der Waals surface area contributed by atoms with Crippen molar-refractivity contribution in [3.63, 3.8) is 0 Å². The molecule has 28 heavy (non-hydrogen) atoms. The number of hydrogen-bond donors (Lipinski definition) is 2. The second-order valence-electron chi connectivity index (χ2n) is 7.58. The first-order valence-electron chi connectivity index (χ1n) is 10.1. The van der Waals surface area contributed by atoms with Gasteiger partial charge in [0.2, 0.25) is 5.91 Å². The summed E-state index contributed by atoms with van der Waals surface area (Å²) < 4.78 is 0. The highest BCUT2D eigenvalue weighted by molar-refractivity contribution is 14.0. The van der Waals surface area contributed by atoms with Crippen molar-refractivity contribution in [3.8, 4) is 0 Å². The highest BCUT2D eigenvalue weighted by Gasteiger charge is 2.23. The normalized spacial score (nSPS) is 18.2. The molecule has 7 heteroatoms. The Morgan fingerprint density at radius 3 is 2.57 bits per heavy atom. The molecule has 1 aromatic carbocycles. The molecule has 0 aromatic heterocycles. The number of halogens is 1. The van der Waals surface area contributed by atoms with Crippen LogP contribution in [0.25, 0.3) is 0 Å². The van der Waals surface area contributed by atoms with Crippen molar-refractivity contribution < 1.29 is 4.79 Å². The maximum atomic E-state index is 11.6. The molecule has 0 saturated carbocycles. The lowest BCUT2D eigenvalue weighted by molar-refractivity contribution is -0.121. The average Bonchev–Trinajstić information content (AvgIpc) is 2.72. The van der Waals surface area contributed by atoms with E-state index in [1.165, 1.54) is 11.1 Å². The minimum absolute atomic E-state index is 0. The molecule has 156 valence electrons. The quantitative estimate of drug-likeness (QED) is 0.370. The van der Waals surface area contributed by atoms with Crippen molar-refractivity contribution in [1.82, 2.24) is 20.4 Å². The summed E-state index contributed by atoms with van der Waals surface area (Å²) in [5.74, 6) is 1.64. The Morgan fingerprint density at radius 2 is 1.89 bits per heavy atom. The van der Waals surface area contributed by atoms with Gasteiger partial charge in [-0.3, -0.25) is 14.7 Å². The molecule has 0 unspecified atom stereocenters. The predicted molar refractivity (Wildman–Crippen MR) is 125 cm³/mol. The lowest BCUT2D eigenvalue weighted by Crippen LogP contribution is -2.48. The smallest absolute Gasteiger partial charge is 0.220 e. The summed E-state index contributed by atoms with van der Waals surface area (Å²) in [6, 6.07) is 8.77. The van der Waals surface area contributed by atoms with Gasteiger partial charge in [0.05, 0.1) is 0 Å². The second kappa shape index (κ2) is 11.6. The number of rotatable bonds is 5. The third kappa shape index (κ3) is 6.34. The lowest BCUT2D eigenvalue weighted by atomic mass is 9.93. The monoisotopic (exact) mass is 499 g/mol. The van der Waals surface area contributed by atoms with E-state index < -0.39 is 0 Å². The number of hydrogen-bond acceptors (Lipinski definition) is 3. The number of benzene rings is 1. The Bertz CT molecular complexity index is 658. The van der Waals surface area contributed by atoms with Gasteiger partial charge in [0.15, 0.2) is 5.96 Å². The zero-order valence-corrected chi connectivity index (χ0v) is 19.4. The number of guanidine groups is 1. The van der Waals surface area contributed by atoms with Gasteiger partial charge >= 0.3 is 0 Å². The molecule has 1 amide bonds. The van der Waals surface area contributed by atoms with Crippen LogP contribution in [0.15, 0.2) is 29.3 Å². The number of carbonyl (C=O) groups is 1. The van der Waals surface area contributed by atoms with Crippen LogP contribution in [0.2, 0.25) is 0 Å². The maximum absolute atomic E-state index is 11.6. The van der Waals surface area contributed by atoms with E-state index in [1.807, 2.05) is 7.05 Å². The van der Waals surface area contributed by atoms with Crippen LogP contribution in [0.4, 0.5) is 0 Å². The molecule has 0 spiro atoms. The molecule has 1 saturated heterocycles. The van der Waals surface area contributed by atoms with Gasteiger partial charge < -0.3 is 15.5 Å². The molecule has 1 aromatic rings. The Labute approximate surface area is 186 Å². The number of fused-ring (bicyclic) bond motifs is 1. The number of aliphatic imine (C=N–C) groups is 1. The molecule has 0 bridgehead atoms. The van der Waals surface area contributed by atoms with Crippen LogP contribution in [0.3, 0.4) is 0 Å². The van der Waals surface area contributed by atoms with Crippen molar-refractivity contribution in [2.45, 2.75) is 32.2 Å². The molecule has 1 fully saturated rings. The van der Waals surface area contributed by atoms with Crippen LogP contribution in [-0.4, -0.2) is 68.5 Å². The van der Waals surface area contributed by atoms with Crippen molar-refractivity contribution in [1.29, 1.82) is 0 Å². The fourth-order valence-corrected chi connectivity index (χ4v) is 4.12.